The van der Waals surface area contributed by atoms with Gasteiger partial charge in [0.05, 0.1) is 19.3 Å². The van der Waals surface area contributed by atoms with Crippen molar-refractivity contribution in [1.29, 1.82) is 0 Å². The molecule has 0 bridgehead atoms. The topological polar surface area (TPSA) is 30.5 Å². The fourth-order valence-corrected chi connectivity index (χ4v) is 1.53. The van der Waals surface area contributed by atoms with E-state index in [9.17, 15) is 0 Å². The van der Waals surface area contributed by atoms with Crippen molar-refractivity contribution in [3.05, 3.63) is 0 Å². The van der Waals surface area contributed by atoms with Crippen LogP contribution in [0.15, 0.2) is 0 Å². The Labute approximate surface area is 93.5 Å². The lowest BCUT2D eigenvalue weighted by molar-refractivity contribution is -0.155. The van der Waals surface area contributed by atoms with Crippen LogP contribution in [0.3, 0.4) is 0 Å². The fourth-order valence-electron chi connectivity index (χ4n) is 1.53. The van der Waals surface area contributed by atoms with E-state index >= 15 is 0 Å². The Bertz CT molecular complexity index is 173. The first kappa shape index (κ1) is 12.9. The van der Waals surface area contributed by atoms with Crippen LogP contribution in [0, 0.1) is 0 Å². The summed E-state index contributed by atoms with van der Waals surface area (Å²) in [5, 5.41) is 3.49. The van der Waals surface area contributed by atoms with Crippen molar-refractivity contribution in [2.45, 2.75) is 58.3 Å². The van der Waals surface area contributed by atoms with Gasteiger partial charge in [-0.3, -0.25) is 0 Å². The zero-order valence-corrected chi connectivity index (χ0v) is 10.5. The Morgan fingerprint density at radius 3 is 2.47 bits per heavy atom. The minimum Gasteiger partial charge on any atom is -0.376 e. The van der Waals surface area contributed by atoms with E-state index in [0.717, 1.165) is 26.2 Å². The van der Waals surface area contributed by atoms with Crippen molar-refractivity contribution in [2.75, 3.05) is 19.8 Å². The van der Waals surface area contributed by atoms with E-state index in [-0.39, 0.29) is 5.54 Å². The summed E-state index contributed by atoms with van der Waals surface area (Å²) >= 11 is 0. The molecule has 1 N–H and O–H groups in total. The maximum atomic E-state index is 5.93. The van der Waals surface area contributed by atoms with Crippen LogP contribution < -0.4 is 5.32 Å². The van der Waals surface area contributed by atoms with Gasteiger partial charge in [0.1, 0.15) is 6.10 Å². The van der Waals surface area contributed by atoms with Crippen LogP contribution in [0.25, 0.3) is 0 Å². The van der Waals surface area contributed by atoms with Gasteiger partial charge in [0.25, 0.3) is 0 Å². The Kier molecular flexibility index (Phi) is 5.03. The number of hydrogen-bond donors (Lipinski definition) is 1. The first-order valence-corrected chi connectivity index (χ1v) is 5.99. The molecule has 0 aromatic heterocycles. The van der Waals surface area contributed by atoms with Crippen LogP contribution >= 0.6 is 0 Å². The molecule has 1 aliphatic rings. The van der Waals surface area contributed by atoms with Crippen LogP contribution in [0.4, 0.5) is 0 Å². The summed E-state index contributed by atoms with van der Waals surface area (Å²) in [4.78, 5) is 0. The third-order valence-corrected chi connectivity index (χ3v) is 2.46. The number of rotatable bonds is 6. The Hall–Kier alpha value is -0.120. The largest absolute Gasteiger partial charge is 0.376 e. The van der Waals surface area contributed by atoms with Crippen LogP contribution in [0.2, 0.25) is 0 Å². The average molecular weight is 215 g/mol. The molecule has 0 aromatic rings. The number of nitrogens with one attached hydrogen (secondary N) is 1. The first-order valence-electron chi connectivity index (χ1n) is 5.99. The molecule has 1 rings (SSSR count). The molecule has 0 spiro atoms. The molecule has 15 heavy (non-hydrogen) atoms. The smallest absolute Gasteiger partial charge is 0.105 e. The summed E-state index contributed by atoms with van der Waals surface area (Å²) in [6.07, 6.45) is 2.97. The minimum atomic E-state index is 0.172. The van der Waals surface area contributed by atoms with E-state index in [2.05, 4.69) is 33.0 Å². The average Bonchev–Trinajstić information content (AvgIpc) is 2.05. The van der Waals surface area contributed by atoms with Crippen molar-refractivity contribution >= 4 is 0 Å². The van der Waals surface area contributed by atoms with Gasteiger partial charge in [-0.2, -0.15) is 0 Å². The number of hydrogen-bond acceptors (Lipinski definition) is 3. The molecule has 3 heteroatoms. The van der Waals surface area contributed by atoms with Crippen LogP contribution in [-0.2, 0) is 9.47 Å². The normalized spacial score (nSPS) is 20.0. The molecule has 1 saturated heterocycles. The molecule has 0 radical (unpaired) electrons. The monoisotopic (exact) mass is 215 g/mol. The van der Waals surface area contributed by atoms with Gasteiger partial charge in [-0.25, -0.2) is 0 Å². The Balaban J connectivity index is 2.22. The summed E-state index contributed by atoms with van der Waals surface area (Å²) in [6, 6.07) is 0. The molecule has 0 aromatic carbocycles. The zero-order valence-electron chi connectivity index (χ0n) is 10.5. The fraction of sp³-hybridized carbons (Fsp3) is 1.00. The molecule has 3 nitrogen and oxygen atoms in total. The van der Waals surface area contributed by atoms with Crippen LogP contribution in [0.5, 0.6) is 0 Å². The standard InChI is InChI=1S/C12H25NO2/c1-5-6-10(7-13-12(2,3)4)15-11-8-14-9-11/h10-11,13H,5-9H2,1-4H3. The first-order chi connectivity index (χ1) is 7.01. The maximum absolute atomic E-state index is 5.93. The molecule has 0 saturated carbocycles. The Morgan fingerprint density at radius 2 is 2.07 bits per heavy atom. The van der Waals surface area contributed by atoms with Crippen molar-refractivity contribution < 1.29 is 9.47 Å². The van der Waals surface area contributed by atoms with E-state index in [1.54, 1.807) is 0 Å². The van der Waals surface area contributed by atoms with Gasteiger partial charge < -0.3 is 14.8 Å². The second-order valence-corrected chi connectivity index (χ2v) is 5.34. The lowest BCUT2D eigenvalue weighted by Crippen LogP contribution is -2.45. The van der Waals surface area contributed by atoms with E-state index in [0.29, 0.717) is 12.2 Å². The highest BCUT2D eigenvalue weighted by Gasteiger charge is 2.23. The maximum Gasteiger partial charge on any atom is 0.105 e. The third kappa shape index (κ3) is 5.50. The van der Waals surface area contributed by atoms with Crippen LogP contribution in [0.1, 0.15) is 40.5 Å². The van der Waals surface area contributed by atoms with Gasteiger partial charge in [0, 0.05) is 12.1 Å². The lowest BCUT2D eigenvalue weighted by atomic mass is 10.1. The molecule has 90 valence electrons. The quantitative estimate of drug-likeness (QED) is 0.734. The molecule has 1 fully saturated rings. The molecular weight excluding hydrogens is 190 g/mol. The predicted molar refractivity (Wildman–Crippen MR) is 62.1 cm³/mol. The molecule has 1 unspecified atom stereocenters. The SMILES string of the molecule is CCCC(CNC(C)(C)C)OC1COC1. The van der Waals surface area contributed by atoms with Crippen LogP contribution in [-0.4, -0.2) is 37.5 Å². The lowest BCUT2D eigenvalue weighted by Gasteiger charge is -2.32. The van der Waals surface area contributed by atoms with Crippen molar-refractivity contribution in [3.8, 4) is 0 Å². The van der Waals surface area contributed by atoms with Crippen molar-refractivity contribution in [3.63, 3.8) is 0 Å². The van der Waals surface area contributed by atoms with Gasteiger partial charge in [-0.15, -0.1) is 0 Å². The molecule has 1 heterocycles. The summed E-state index contributed by atoms with van der Waals surface area (Å²) < 4.78 is 11.0. The summed E-state index contributed by atoms with van der Waals surface area (Å²) in [5.74, 6) is 0. The predicted octanol–water partition coefficient (Wildman–Crippen LogP) is 1.96. The Morgan fingerprint density at radius 1 is 1.40 bits per heavy atom. The highest BCUT2D eigenvalue weighted by atomic mass is 16.6. The van der Waals surface area contributed by atoms with E-state index in [1.807, 2.05) is 0 Å². The summed E-state index contributed by atoms with van der Waals surface area (Å²) in [5.41, 5.74) is 0.172. The molecular formula is C12H25NO2. The second-order valence-electron chi connectivity index (χ2n) is 5.34. The molecule has 0 aliphatic carbocycles. The minimum absolute atomic E-state index is 0.172. The zero-order chi connectivity index (χ0) is 11.3. The van der Waals surface area contributed by atoms with E-state index in [1.165, 1.54) is 6.42 Å². The summed E-state index contributed by atoms with van der Waals surface area (Å²) in [7, 11) is 0. The van der Waals surface area contributed by atoms with E-state index < -0.39 is 0 Å². The van der Waals surface area contributed by atoms with Gasteiger partial charge in [-0.05, 0) is 27.2 Å². The summed E-state index contributed by atoms with van der Waals surface area (Å²) in [6.45, 7) is 11.2. The highest BCUT2D eigenvalue weighted by Crippen LogP contribution is 2.12. The molecule has 1 aliphatic heterocycles. The van der Waals surface area contributed by atoms with Gasteiger partial charge in [0.15, 0.2) is 0 Å². The highest BCUT2D eigenvalue weighted by molar-refractivity contribution is 4.75. The molecule has 1 atom stereocenters. The van der Waals surface area contributed by atoms with Gasteiger partial charge >= 0.3 is 0 Å². The second kappa shape index (κ2) is 5.83. The van der Waals surface area contributed by atoms with E-state index in [4.69, 9.17) is 9.47 Å². The van der Waals surface area contributed by atoms with Crippen molar-refractivity contribution in [2.24, 2.45) is 0 Å². The van der Waals surface area contributed by atoms with Gasteiger partial charge in [-0.1, -0.05) is 13.3 Å². The van der Waals surface area contributed by atoms with Gasteiger partial charge in [0.2, 0.25) is 0 Å². The third-order valence-electron chi connectivity index (χ3n) is 2.46. The molecule has 0 amide bonds. The number of ether oxygens (including phenoxy) is 2. The van der Waals surface area contributed by atoms with Crippen molar-refractivity contribution in [1.82, 2.24) is 5.32 Å².